The van der Waals surface area contributed by atoms with Gasteiger partial charge in [-0.2, -0.15) is 11.8 Å². The van der Waals surface area contributed by atoms with Gasteiger partial charge in [-0.25, -0.2) is 4.79 Å². The van der Waals surface area contributed by atoms with Crippen molar-refractivity contribution in [3.05, 3.63) is 42.1 Å². The van der Waals surface area contributed by atoms with Crippen molar-refractivity contribution in [2.75, 3.05) is 36.6 Å². The van der Waals surface area contributed by atoms with E-state index in [9.17, 15) is 9.59 Å². The topological polar surface area (TPSA) is 70.7 Å². The molecular formula is C19H27N3O3S. The molecule has 1 aromatic carbocycles. The number of benzene rings is 1. The van der Waals surface area contributed by atoms with Crippen molar-refractivity contribution in [1.29, 1.82) is 0 Å². The van der Waals surface area contributed by atoms with Crippen LogP contribution in [0, 0.1) is 5.92 Å². The van der Waals surface area contributed by atoms with E-state index in [0.29, 0.717) is 12.3 Å². The van der Waals surface area contributed by atoms with Gasteiger partial charge in [0.25, 0.3) is 0 Å². The highest BCUT2D eigenvalue weighted by Crippen LogP contribution is 2.31. The van der Waals surface area contributed by atoms with Crippen LogP contribution in [0.25, 0.3) is 0 Å². The van der Waals surface area contributed by atoms with Crippen molar-refractivity contribution >= 4 is 29.4 Å². The molecule has 1 saturated heterocycles. The SMILES string of the molecule is C=C1NC(=O)N[C@@H](c2ccc(N(CC)CC)cc2)[C@@H]1C(=O)OCCSC. The molecule has 2 rings (SSSR count). The first kappa shape index (κ1) is 20.2. The summed E-state index contributed by atoms with van der Waals surface area (Å²) in [5, 5.41) is 5.42. The quantitative estimate of drug-likeness (QED) is 0.538. The molecule has 2 N–H and O–H groups in total. The van der Waals surface area contributed by atoms with Crippen molar-refractivity contribution < 1.29 is 14.3 Å². The van der Waals surface area contributed by atoms with E-state index in [2.05, 4.69) is 36.0 Å². The first-order valence-electron chi connectivity index (χ1n) is 8.78. The lowest BCUT2D eigenvalue weighted by molar-refractivity contribution is -0.147. The number of carbonyl (C=O) groups is 2. The van der Waals surface area contributed by atoms with Crippen molar-refractivity contribution in [3.63, 3.8) is 0 Å². The maximum absolute atomic E-state index is 12.5. The molecule has 6 nitrogen and oxygen atoms in total. The molecule has 142 valence electrons. The highest BCUT2D eigenvalue weighted by molar-refractivity contribution is 7.98. The van der Waals surface area contributed by atoms with Crippen LogP contribution in [0.2, 0.25) is 0 Å². The summed E-state index contributed by atoms with van der Waals surface area (Å²) in [6.45, 7) is 10.2. The summed E-state index contributed by atoms with van der Waals surface area (Å²) in [7, 11) is 0. The second-order valence-corrected chi connectivity index (χ2v) is 6.99. The summed E-state index contributed by atoms with van der Waals surface area (Å²) in [6, 6.07) is 7.05. The average molecular weight is 378 g/mol. The van der Waals surface area contributed by atoms with E-state index in [1.54, 1.807) is 11.8 Å². The van der Waals surface area contributed by atoms with Crippen LogP contribution in [0.3, 0.4) is 0 Å². The standard InChI is InChI=1S/C19H27N3O3S/c1-5-22(6-2)15-9-7-14(8-10-15)17-16(13(3)20-19(24)21-17)18(23)25-11-12-26-4/h7-10,16-17H,3,5-6,11-12H2,1-2,4H3,(H2,20,21,24)/t16-,17+/m1/s1. The fourth-order valence-corrected chi connectivity index (χ4v) is 3.29. The molecule has 2 amide bonds. The minimum atomic E-state index is -0.658. The van der Waals surface area contributed by atoms with Gasteiger partial charge < -0.3 is 20.3 Å². The number of hydrogen-bond acceptors (Lipinski definition) is 5. The Labute approximate surface area is 159 Å². The molecule has 0 aromatic heterocycles. The molecule has 0 unspecified atom stereocenters. The molecule has 7 heteroatoms. The third-order valence-electron chi connectivity index (χ3n) is 4.44. The van der Waals surface area contributed by atoms with E-state index in [1.807, 2.05) is 30.5 Å². The van der Waals surface area contributed by atoms with Crippen LogP contribution in [-0.2, 0) is 9.53 Å². The van der Waals surface area contributed by atoms with Crippen LogP contribution in [0.15, 0.2) is 36.5 Å². The zero-order chi connectivity index (χ0) is 19.1. The van der Waals surface area contributed by atoms with E-state index >= 15 is 0 Å². The molecule has 1 aromatic rings. The van der Waals surface area contributed by atoms with Gasteiger partial charge in [0.2, 0.25) is 0 Å². The third kappa shape index (κ3) is 4.72. The minimum absolute atomic E-state index is 0.339. The van der Waals surface area contributed by atoms with Gasteiger partial charge in [-0.1, -0.05) is 18.7 Å². The van der Waals surface area contributed by atoms with Gasteiger partial charge in [-0.15, -0.1) is 0 Å². The normalized spacial score (nSPS) is 19.5. The molecule has 2 atom stereocenters. The Bertz CT molecular complexity index is 644. The Hall–Kier alpha value is -2.15. The van der Waals surface area contributed by atoms with E-state index in [-0.39, 0.29) is 12.0 Å². The van der Waals surface area contributed by atoms with Crippen molar-refractivity contribution in [2.45, 2.75) is 19.9 Å². The molecular weight excluding hydrogens is 350 g/mol. The molecule has 1 heterocycles. The fraction of sp³-hybridized carbons (Fsp3) is 0.474. The molecule has 1 aliphatic rings. The Morgan fingerprint density at radius 2 is 1.92 bits per heavy atom. The maximum atomic E-state index is 12.5. The largest absolute Gasteiger partial charge is 0.464 e. The summed E-state index contributed by atoms with van der Waals surface area (Å²) in [6.07, 6.45) is 1.95. The number of nitrogens with one attached hydrogen (secondary N) is 2. The van der Waals surface area contributed by atoms with Gasteiger partial charge in [-0.3, -0.25) is 4.79 Å². The number of thioether (sulfide) groups is 1. The van der Waals surface area contributed by atoms with Crippen molar-refractivity contribution in [3.8, 4) is 0 Å². The second kappa shape index (κ2) is 9.52. The van der Waals surface area contributed by atoms with Crippen molar-refractivity contribution in [1.82, 2.24) is 10.6 Å². The lowest BCUT2D eigenvalue weighted by atomic mass is 9.89. The Kier molecular flexibility index (Phi) is 7.38. The summed E-state index contributed by atoms with van der Waals surface area (Å²) < 4.78 is 5.36. The summed E-state index contributed by atoms with van der Waals surface area (Å²) in [4.78, 5) is 26.7. The fourth-order valence-electron chi connectivity index (χ4n) is 3.04. The molecule has 0 spiro atoms. The molecule has 0 radical (unpaired) electrons. The molecule has 1 aliphatic heterocycles. The first-order chi connectivity index (χ1) is 12.5. The van der Waals surface area contributed by atoms with E-state index in [1.165, 1.54) is 0 Å². The van der Waals surface area contributed by atoms with Gasteiger partial charge in [0.15, 0.2) is 0 Å². The van der Waals surface area contributed by atoms with Crippen LogP contribution in [0.4, 0.5) is 10.5 Å². The number of nitrogens with zero attached hydrogens (tertiary/aromatic N) is 1. The monoisotopic (exact) mass is 377 g/mol. The molecule has 26 heavy (non-hydrogen) atoms. The predicted octanol–water partition coefficient (Wildman–Crippen LogP) is 2.92. The first-order valence-corrected chi connectivity index (χ1v) is 10.2. The number of amides is 2. The van der Waals surface area contributed by atoms with Gasteiger partial charge in [0, 0.05) is 30.2 Å². The number of ether oxygens (including phenoxy) is 1. The number of carbonyl (C=O) groups excluding carboxylic acids is 2. The van der Waals surface area contributed by atoms with Crippen molar-refractivity contribution in [2.24, 2.45) is 5.92 Å². The third-order valence-corrected chi connectivity index (χ3v) is 5.01. The van der Waals surface area contributed by atoms with Crippen LogP contribution < -0.4 is 15.5 Å². The van der Waals surface area contributed by atoms with Gasteiger partial charge in [-0.05, 0) is 37.8 Å². The van der Waals surface area contributed by atoms with E-state index in [0.717, 1.165) is 30.1 Å². The molecule has 0 aliphatic carbocycles. The Balaban J connectivity index is 2.22. The van der Waals surface area contributed by atoms with Crippen LogP contribution in [0.5, 0.6) is 0 Å². The maximum Gasteiger partial charge on any atom is 0.319 e. The molecule has 0 bridgehead atoms. The minimum Gasteiger partial charge on any atom is -0.464 e. The Morgan fingerprint density at radius 1 is 1.27 bits per heavy atom. The highest BCUT2D eigenvalue weighted by atomic mass is 32.2. The van der Waals surface area contributed by atoms with Crippen LogP contribution in [-0.4, -0.2) is 43.7 Å². The number of urea groups is 1. The smallest absolute Gasteiger partial charge is 0.319 e. The average Bonchev–Trinajstić information content (AvgIpc) is 2.62. The van der Waals surface area contributed by atoms with Crippen LogP contribution in [0.1, 0.15) is 25.5 Å². The van der Waals surface area contributed by atoms with Gasteiger partial charge in [0.05, 0.1) is 6.04 Å². The highest BCUT2D eigenvalue weighted by Gasteiger charge is 2.38. The molecule has 1 fully saturated rings. The van der Waals surface area contributed by atoms with E-state index in [4.69, 9.17) is 4.74 Å². The van der Waals surface area contributed by atoms with Gasteiger partial charge in [0.1, 0.15) is 12.5 Å². The number of esters is 1. The zero-order valence-electron chi connectivity index (χ0n) is 15.6. The lowest BCUT2D eigenvalue weighted by Gasteiger charge is -2.33. The molecule has 0 saturated carbocycles. The number of anilines is 1. The Morgan fingerprint density at radius 3 is 2.50 bits per heavy atom. The number of hydrogen-bond donors (Lipinski definition) is 2. The number of rotatable bonds is 8. The summed E-state index contributed by atoms with van der Waals surface area (Å²) in [5.74, 6) is -0.309. The van der Waals surface area contributed by atoms with Gasteiger partial charge >= 0.3 is 12.0 Å². The zero-order valence-corrected chi connectivity index (χ0v) is 16.4. The summed E-state index contributed by atoms with van der Waals surface area (Å²) >= 11 is 1.61. The summed E-state index contributed by atoms with van der Waals surface area (Å²) in [5.41, 5.74) is 2.32. The van der Waals surface area contributed by atoms with Crippen LogP contribution >= 0.6 is 11.8 Å². The second-order valence-electron chi connectivity index (χ2n) is 6.00. The predicted molar refractivity (Wildman–Crippen MR) is 106 cm³/mol. The lowest BCUT2D eigenvalue weighted by Crippen LogP contribution is -2.51. The van der Waals surface area contributed by atoms with E-state index < -0.39 is 12.0 Å².